The Bertz CT molecular complexity index is 1080. The number of sulfonamides is 1. The van der Waals surface area contributed by atoms with Crippen molar-refractivity contribution in [1.29, 1.82) is 0 Å². The van der Waals surface area contributed by atoms with Gasteiger partial charge in [-0.2, -0.15) is 4.31 Å². The Labute approximate surface area is 193 Å². The van der Waals surface area contributed by atoms with E-state index in [0.29, 0.717) is 18.1 Å². The zero-order valence-electron chi connectivity index (χ0n) is 18.4. The number of rotatable bonds is 11. The average Bonchev–Trinajstić information content (AvgIpc) is 3.46. The number of carbonyl (C=O) groups is 1. The second kappa shape index (κ2) is 10.8. The van der Waals surface area contributed by atoms with Crippen molar-refractivity contribution >= 4 is 27.3 Å². The van der Waals surface area contributed by atoms with Gasteiger partial charge in [-0.3, -0.25) is 4.79 Å². The predicted molar refractivity (Wildman–Crippen MR) is 124 cm³/mol. The molecule has 0 saturated carbocycles. The summed E-state index contributed by atoms with van der Waals surface area (Å²) in [6.45, 7) is 5.99. The van der Waals surface area contributed by atoms with E-state index in [1.54, 1.807) is 35.6 Å². The minimum Gasteiger partial charge on any atom is -0.494 e. The molecule has 0 bridgehead atoms. The average molecular weight is 477 g/mol. The van der Waals surface area contributed by atoms with Crippen LogP contribution in [0, 0.1) is 5.92 Å². The van der Waals surface area contributed by atoms with Crippen molar-refractivity contribution in [2.24, 2.45) is 5.92 Å². The Kier molecular flexibility index (Phi) is 8.11. The van der Waals surface area contributed by atoms with Gasteiger partial charge >= 0.3 is 0 Å². The van der Waals surface area contributed by atoms with Crippen molar-refractivity contribution in [2.75, 3.05) is 13.2 Å². The van der Waals surface area contributed by atoms with Crippen LogP contribution in [0.3, 0.4) is 0 Å². The van der Waals surface area contributed by atoms with E-state index in [9.17, 15) is 13.2 Å². The first-order chi connectivity index (χ1) is 15.3. The molecule has 0 spiro atoms. The van der Waals surface area contributed by atoms with Crippen LogP contribution >= 0.6 is 11.3 Å². The van der Waals surface area contributed by atoms with Crippen LogP contribution in [0.15, 0.2) is 69.5 Å². The summed E-state index contributed by atoms with van der Waals surface area (Å²) in [7, 11) is -3.95. The molecule has 3 rings (SSSR count). The molecule has 9 heteroatoms. The molecule has 3 aromatic rings. The minimum absolute atomic E-state index is 0.0543. The molecule has 0 radical (unpaired) electrons. The van der Waals surface area contributed by atoms with E-state index >= 15 is 0 Å². The molecule has 32 heavy (non-hydrogen) atoms. The third-order valence-electron chi connectivity index (χ3n) is 4.84. The first-order valence-electron chi connectivity index (χ1n) is 10.4. The molecule has 2 aromatic heterocycles. The number of nitrogens with zero attached hydrogens (tertiary/aromatic N) is 1. The smallest absolute Gasteiger partial charge is 0.243 e. The fourth-order valence-corrected chi connectivity index (χ4v) is 5.55. The minimum atomic E-state index is -3.95. The molecule has 1 unspecified atom stereocenters. The summed E-state index contributed by atoms with van der Waals surface area (Å²) in [5.74, 6) is 0.806. The third kappa shape index (κ3) is 5.99. The Morgan fingerprint density at radius 2 is 1.91 bits per heavy atom. The Morgan fingerprint density at radius 3 is 2.47 bits per heavy atom. The first kappa shape index (κ1) is 24.0. The summed E-state index contributed by atoms with van der Waals surface area (Å²) in [6.07, 6.45) is 1.47. The van der Waals surface area contributed by atoms with Gasteiger partial charge in [-0.15, -0.1) is 11.3 Å². The molecule has 0 aliphatic rings. The van der Waals surface area contributed by atoms with E-state index in [2.05, 4.69) is 5.32 Å². The second-order valence-electron chi connectivity index (χ2n) is 7.56. The fourth-order valence-electron chi connectivity index (χ4n) is 3.24. The van der Waals surface area contributed by atoms with Crippen LogP contribution in [0.5, 0.6) is 5.75 Å². The van der Waals surface area contributed by atoms with Crippen LogP contribution in [0.25, 0.3) is 0 Å². The Hall–Kier alpha value is -2.62. The summed E-state index contributed by atoms with van der Waals surface area (Å²) in [5.41, 5.74) is 0. The molecule has 1 amide bonds. The van der Waals surface area contributed by atoms with E-state index in [0.717, 1.165) is 9.18 Å². The van der Waals surface area contributed by atoms with Gasteiger partial charge in [0, 0.05) is 4.88 Å². The van der Waals surface area contributed by atoms with Crippen molar-refractivity contribution in [2.45, 2.75) is 38.3 Å². The largest absolute Gasteiger partial charge is 0.494 e. The molecule has 2 heterocycles. The van der Waals surface area contributed by atoms with Gasteiger partial charge in [0.2, 0.25) is 15.9 Å². The molecule has 0 fully saturated rings. The van der Waals surface area contributed by atoms with Gasteiger partial charge in [0.25, 0.3) is 0 Å². The van der Waals surface area contributed by atoms with Crippen LogP contribution in [-0.2, 0) is 21.4 Å². The zero-order valence-corrected chi connectivity index (χ0v) is 20.0. The van der Waals surface area contributed by atoms with Gasteiger partial charge in [-0.25, -0.2) is 8.42 Å². The van der Waals surface area contributed by atoms with E-state index in [4.69, 9.17) is 9.15 Å². The lowest BCUT2D eigenvalue weighted by Gasteiger charge is -2.25. The zero-order chi connectivity index (χ0) is 23.1. The van der Waals surface area contributed by atoms with Crippen molar-refractivity contribution in [1.82, 2.24) is 9.62 Å². The maximum Gasteiger partial charge on any atom is 0.243 e. The van der Waals surface area contributed by atoms with Gasteiger partial charge in [0.15, 0.2) is 0 Å². The lowest BCUT2D eigenvalue weighted by molar-refractivity contribution is -0.122. The number of furan rings is 1. The van der Waals surface area contributed by atoms with E-state index in [-0.39, 0.29) is 35.9 Å². The highest BCUT2D eigenvalue weighted by Gasteiger charge is 2.29. The van der Waals surface area contributed by atoms with Crippen molar-refractivity contribution in [3.8, 4) is 5.75 Å². The van der Waals surface area contributed by atoms with Gasteiger partial charge in [0.05, 0.1) is 36.9 Å². The highest BCUT2D eigenvalue weighted by Crippen LogP contribution is 2.26. The second-order valence-corrected chi connectivity index (χ2v) is 10.5. The number of amides is 1. The van der Waals surface area contributed by atoms with Crippen LogP contribution in [0.1, 0.15) is 37.5 Å². The normalized spacial score (nSPS) is 12.8. The van der Waals surface area contributed by atoms with Crippen LogP contribution in [-0.4, -0.2) is 31.8 Å². The van der Waals surface area contributed by atoms with Crippen molar-refractivity contribution < 1.29 is 22.4 Å². The quantitative estimate of drug-likeness (QED) is 0.442. The first-order valence-corrected chi connectivity index (χ1v) is 12.7. The van der Waals surface area contributed by atoms with E-state index in [1.165, 1.54) is 18.4 Å². The maximum atomic E-state index is 13.4. The highest BCUT2D eigenvalue weighted by atomic mass is 32.2. The highest BCUT2D eigenvalue weighted by molar-refractivity contribution is 7.89. The lowest BCUT2D eigenvalue weighted by atomic mass is 10.0. The van der Waals surface area contributed by atoms with Crippen molar-refractivity contribution in [3.63, 3.8) is 0 Å². The molecule has 0 aliphatic carbocycles. The van der Waals surface area contributed by atoms with Crippen LogP contribution in [0.2, 0.25) is 0 Å². The standard InChI is InChI=1S/C23H28N2O5S2/c1-4-29-18-9-11-20(12-10-18)32(27,28)25(15-19-7-5-13-30-19)16-22(26)24-23(17(2)3)21-8-6-14-31-21/h5-14,17,23H,4,15-16H2,1-3H3,(H,24,26). The molecule has 1 N–H and O–H groups in total. The topological polar surface area (TPSA) is 88.9 Å². The number of carbonyl (C=O) groups excluding carboxylic acids is 1. The Balaban J connectivity index is 1.82. The third-order valence-corrected chi connectivity index (χ3v) is 7.60. The fraction of sp³-hybridized carbons (Fsp3) is 0.348. The molecular formula is C23H28N2O5S2. The molecule has 0 saturated heterocycles. The number of benzene rings is 1. The number of nitrogens with one attached hydrogen (secondary N) is 1. The number of thiophene rings is 1. The lowest BCUT2D eigenvalue weighted by Crippen LogP contribution is -2.42. The van der Waals surface area contributed by atoms with Gasteiger partial charge in [0.1, 0.15) is 11.5 Å². The number of ether oxygens (including phenoxy) is 1. The summed E-state index contributed by atoms with van der Waals surface area (Å²) in [4.78, 5) is 14.1. The SMILES string of the molecule is CCOc1ccc(S(=O)(=O)N(CC(=O)NC(c2cccs2)C(C)C)Cc2ccco2)cc1. The molecule has 1 aromatic carbocycles. The summed E-state index contributed by atoms with van der Waals surface area (Å²) in [6, 6.07) is 13.2. The molecule has 7 nitrogen and oxygen atoms in total. The molecule has 0 aliphatic heterocycles. The van der Waals surface area contributed by atoms with E-state index < -0.39 is 10.0 Å². The monoisotopic (exact) mass is 476 g/mol. The molecule has 172 valence electrons. The maximum absolute atomic E-state index is 13.4. The predicted octanol–water partition coefficient (Wildman–Crippen LogP) is 4.44. The molecular weight excluding hydrogens is 448 g/mol. The van der Waals surface area contributed by atoms with Crippen LogP contribution < -0.4 is 10.1 Å². The van der Waals surface area contributed by atoms with Gasteiger partial charge in [-0.05, 0) is 60.7 Å². The van der Waals surface area contributed by atoms with Gasteiger partial charge in [-0.1, -0.05) is 19.9 Å². The number of hydrogen-bond donors (Lipinski definition) is 1. The van der Waals surface area contributed by atoms with Crippen LogP contribution in [0.4, 0.5) is 0 Å². The summed E-state index contributed by atoms with van der Waals surface area (Å²) in [5, 5.41) is 4.95. The summed E-state index contributed by atoms with van der Waals surface area (Å²) >= 11 is 1.56. The Morgan fingerprint density at radius 1 is 1.16 bits per heavy atom. The van der Waals surface area contributed by atoms with E-state index in [1.807, 2.05) is 38.3 Å². The van der Waals surface area contributed by atoms with Gasteiger partial charge < -0.3 is 14.5 Å². The van der Waals surface area contributed by atoms with Crippen molar-refractivity contribution in [3.05, 3.63) is 70.8 Å². The summed E-state index contributed by atoms with van der Waals surface area (Å²) < 4.78 is 38.6. The number of hydrogen-bond acceptors (Lipinski definition) is 6. The molecule has 1 atom stereocenters.